The molecule has 2 amide bonds. The Morgan fingerprint density at radius 3 is 2.70 bits per heavy atom. The quantitative estimate of drug-likeness (QED) is 0.157. The number of likely N-dealkylation sites (N-methyl/N-ethyl adjacent to an activating group) is 1. The highest BCUT2D eigenvalue weighted by molar-refractivity contribution is 9.10. The highest BCUT2D eigenvalue weighted by Crippen LogP contribution is 2.36. The Hall–Kier alpha value is -3.87. The summed E-state index contributed by atoms with van der Waals surface area (Å²) in [4.78, 5) is 42.5. The lowest BCUT2D eigenvalue weighted by atomic mass is 10.2. The molecule has 0 aliphatic carbocycles. The smallest absolute Gasteiger partial charge is 0.271 e. The van der Waals surface area contributed by atoms with Gasteiger partial charge in [0, 0.05) is 28.8 Å². The van der Waals surface area contributed by atoms with Crippen molar-refractivity contribution in [3.63, 3.8) is 0 Å². The fraction of sp³-hybridized carbons (Fsp3) is 0.148. The van der Waals surface area contributed by atoms with Gasteiger partial charge < -0.3 is 14.8 Å². The molecule has 1 saturated heterocycles. The van der Waals surface area contributed by atoms with Crippen molar-refractivity contribution in [2.24, 2.45) is 4.99 Å². The lowest BCUT2D eigenvalue weighted by molar-refractivity contribution is -0.384. The molecule has 1 fully saturated rings. The minimum absolute atomic E-state index is 0.137. The number of carbonyl (C=O) groups excluding carboxylic acids is 2. The summed E-state index contributed by atoms with van der Waals surface area (Å²) in [6.45, 7) is 1.97. The summed E-state index contributed by atoms with van der Waals surface area (Å²) in [5.74, 6) is -0.000658. The first-order chi connectivity index (χ1) is 19.2. The van der Waals surface area contributed by atoms with Crippen LogP contribution in [0.5, 0.6) is 11.5 Å². The Balaban J connectivity index is 1.46. The highest BCUT2D eigenvalue weighted by Gasteiger charge is 2.32. The van der Waals surface area contributed by atoms with Crippen molar-refractivity contribution in [3.8, 4) is 11.5 Å². The van der Waals surface area contributed by atoms with Crippen LogP contribution in [0.25, 0.3) is 6.08 Å². The van der Waals surface area contributed by atoms with Gasteiger partial charge in [-0.2, -0.15) is 0 Å². The van der Waals surface area contributed by atoms with Crippen LogP contribution in [0.2, 0.25) is 5.02 Å². The Bertz CT molecular complexity index is 1550. The van der Waals surface area contributed by atoms with Crippen LogP contribution >= 0.6 is 39.3 Å². The number of carbonyl (C=O) groups is 2. The first-order valence-corrected chi connectivity index (χ1v) is 13.8. The van der Waals surface area contributed by atoms with Crippen molar-refractivity contribution in [2.45, 2.75) is 6.92 Å². The second-order valence-electron chi connectivity index (χ2n) is 8.21. The number of non-ortho nitro benzene ring substituents is 1. The van der Waals surface area contributed by atoms with Gasteiger partial charge in [-0.25, -0.2) is 4.99 Å². The van der Waals surface area contributed by atoms with Crippen molar-refractivity contribution in [1.82, 2.24) is 4.90 Å². The number of nitro groups is 1. The molecule has 1 N–H and O–H groups in total. The van der Waals surface area contributed by atoms with Crippen molar-refractivity contribution < 1.29 is 24.0 Å². The van der Waals surface area contributed by atoms with Gasteiger partial charge >= 0.3 is 0 Å². The van der Waals surface area contributed by atoms with E-state index in [-0.39, 0.29) is 23.9 Å². The predicted molar refractivity (Wildman–Crippen MR) is 159 cm³/mol. The van der Waals surface area contributed by atoms with Crippen LogP contribution < -0.4 is 14.8 Å². The molecular weight excluding hydrogens is 624 g/mol. The van der Waals surface area contributed by atoms with E-state index in [9.17, 15) is 19.7 Å². The monoisotopic (exact) mass is 644 g/mol. The van der Waals surface area contributed by atoms with Crippen LogP contribution in [0.15, 0.2) is 75.0 Å². The van der Waals surface area contributed by atoms with Gasteiger partial charge in [0.05, 0.1) is 27.6 Å². The number of benzene rings is 3. The molecule has 3 aromatic carbocycles. The van der Waals surface area contributed by atoms with Gasteiger partial charge in [0.2, 0.25) is 0 Å². The largest absolute Gasteiger partial charge is 0.493 e. The molecule has 0 spiro atoms. The summed E-state index contributed by atoms with van der Waals surface area (Å²) in [6, 6.07) is 16.0. The van der Waals surface area contributed by atoms with Crippen LogP contribution in [0, 0.1) is 10.1 Å². The van der Waals surface area contributed by atoms with Gasteiger partial charge in [0.25, 0.3) is 17.5 Å². The van der Waals surface area contributed by atoms with Crippen molar-refractivity contribution in [1.29, 1.82) is 0 Å². The summed E-state index contributed by atoms with van der Waals surface area (Å²) in [7, 11) is 1.46. The summed E-state index contributed by atoms with van der Waals surface area (Å²) in [6.07, 6.45) is 1.73. The molecule has 206 valence electrons. The van der Waals surface area contributed by atoms with E-state index in [1.165, 1.54) is 37.1 Å². The van der Waals surface area contributed by atoms with Gasteiger partial charge in [0.15, 0.2) is 23.3 Å². The Kier molecular flexibility index (Phi) is 9.46. The first-order valence-electron chi connectivity index (χ1n) is 11.8. The minimum atomic E-state index is -0.544. The third kappa shape index (κ3) is 7.00. The number of methoxy groups -OCH3 is 1. The first kappa shape index (κ1) is 29.1. The molecule has 0 atom stereocenters. The van der Waals surface area contributed by atoms with E-state index >= 15 is 0 Å². The second-order valence-corrected chi connectivity index (χ2v) is 10.5. The van der Waals surface area contributed by atoms with Crippen LogP contribution in [0.3, 0.4) is 0 Å². The average molecular weight is 646 g/mol. The number of amides is 2. The second kappa shape index (κ2) is 13.0. The minimum Gasteiger partial charge on any atom is -0.493 e. The third-order valence-electron chi connectivity index (χ3n) is 5.52. The van der Waals surface area contributed by atoms with Gasteiger partial charge in [0.1, 0.15) is 0 Å². The van der Waals surface area contributed by atoms with Gasteiger partial charge in [-0.15, -0.1) is 0 Å². The lowest BCUT2D eigenvalue weighted by Gasteiger charge is -2.12. The number of nitrogens with one attached hydrogen (secondary N) is 1. The zero-order valence-corrected chi connectivity index (χ0v) is 24.4. The molecule has 4 rings (SSSR count). The number of rotatable bonds is 9. The Morgan fingerprint density at radius 1 is 1.20 bits per heavy atom. The number of hydrogen-bond acceptors (Lipinski definition) is 8. The molecule has 0 bridgehead atoms. The van der Waals surface area contributed by atoms with Gasteiger partial charge in [-0.1, -0.05) is 23.7 Å². The highest BCUT2D eigenvalue weighted by atomic mass is 79.9. The maximum absolute atomic E-state index is 13.1. The SMILES string of the molecule is CCN1C(=O)/C(=C\c2ccc(OCC(=O)Nc3cccc([N+](=O)[O-])c3)c(OC)c2)SC1=Nc1ccc(Br)c(Cl)c1. The summed E-state index contributed by atoms with van der Waals surface area (Å²) < 4.78 is 11.8. The maximum atomic E-state index is 13.1. The summed E-state index contributed by atoms with van der Waals surface area (Å²) in [5, 5.41) is 14.6. The lowest BCUT2D eigenvalue weighted by Crippen LogP contribution is -2.28. The van der Waals surface area contributed by atoms with E-state index < -0.39 is 10.8 Å². The third-order valence-corrected chi connectivity index (χ3v) is 7.76. The molecule has 1 aliphatic rings. The van der Waals surface area contributed by atoms with Crippen molar-refractivity contribution in [2.75, 3.05) is 25.6 Å². The normalized spacial score (nSPS) is 15.0. The number of amidine groups is 1. The number of anilines is 1. The fourth-order valence-corrected chi connectivity index (χ4v) is 5.10. The van der Waals surface area contributed by atoms with Gasteiger partial charge in [-0.3, -0.25) is 24.6 Å². The van der Waals surface area contributed by atoms with E-state index in [2.05, 4.69) is 26.2 Å². The van der Waals surface area contributed by atoms with E-state index in [4.69, 9.17) is 21.1 Å². The Morgan fingerprint density at radius 2 is 2.00 bits per heavy atom. The molecule has 0 unspecified atom stereocenters. The molecule has 0 radical (unpaired) electrons. The zero-order valence-electron chi connectivity index (χ0n) is 21.2. The van der Waals surface area contributed by atoms with Gasteiger partial charge in [-0.05, 0) is 82.7 Å². The standard InChI is InChI=1S/C27H22BrClN4O6S/c1-3-32-26(35)24(40-27(32)31-18-8-9-20(28)21(29)14-18)12-16-7-10-22(23(11-16)38-2)39-15-25(34)30-17-5-4-6-19(13-17)33(36)37/h4-14H,3,15H2,1-2H3,(H,30,34)/b24-12+,31-27?. The van der Waals surface area contributed by atoms with Crippen molar-refractivity contribution >= 4 is 79.4 Å². The van der Waals surface area contributed by atoms with E-state index in [1.807, 2.05) is 6.92 Å². The summed E-state index contributed by atoms with van der Waals surface area (Å²) >= 11 is 10.8. The zero-order chi connectivity index (χ0) is 28.8. The van der Waals surface area contributed by atoms with Crippen LogP contribution in [-0.4, -0.2) is 47.1 Å². The number of aliphatic imine (C=N–C) groups is 1. The molecule has 1 heterocycles. The molecule has 10 nitrogen and oxygen atoms in total. The fourth-order valence-electron chi connectivity index (χ4n) is 3.62. The van der Waals surface area contributed by atoms with E-state index in [1.54, 1.807) is 53.4 Å². The average Bonchev–Trinajstić information content (AvgIpc) is 3.23. The van der Waals surface area contributed by atoms with Crippen LogP contribution in [-0.2, 0) is 9.59 Å². The summed E-state index contributed by atoms with van der Waals surface area (Å²) in [5.41, 5.74) is 1.45. The maximum Gasteiger partial charge on any atom is 0.271 e. The number of halogens is 2. The van der Waals surface area contributed by atoms with Crippen molar-refractivity contribution in [3.05, 3.63) is 90.7 Å². The number of nitrogens with zero attached hydrogens (tertiary/aromatic N) is 3. The number of hydrogen-bond donors (Lipinski definition) is 1. The Labute approximate surface area is 247 Å². The molecule has 0 saturated carbocycles. The van der Waals surface area contributed by atoms with E-state index in [0.29, 0.717) is 44.4 Å². The number of nitro benzene ring substituents is 1. The van der Waals surface area contributed by atoms with E-state index in [0.717, 1.165) is 4.47 Å². The molecule has 0 aromatic heterocycles. The predicted octanol–water partition coefficient (Wildman–Crippen LogP) is 6.66. The number of ether oxygens (including phenoxy) is 2. The molecule has 1 aliphatic heterocycles. The van der Waals surface area contributed by atoms with Crippen LogP contribution in [0.4, 0.5) is 17.1 Å². The van der Waals surface area contributed by atoms with Crippen LogP contribution in [0.1, 0.15) is 12.5 Å². The molecule has 13 heteroatoms. The number of thioether (sulfide) groups is 1. The molecule has 3 aromatic rings. The molecule has 40 heavy (non-hydrogen) atoms. The molecular formula is C27H22BrClN4O6S. The topological polar surface area (TPSA) is 123 Å².